The average Bonchev–Trinajstić information content (AvgIpc) is 2.42. The number of piperazine rings is 1. The van der Waals surface area contributed by atoms with E-state index in [1.807, 2.05) is 12.1 Å². The van der Waals surface area contributed by atoms with E-state index >= 15 is 0 Å². The lowest BCUT2D eigenvalue weighted by molar-refractivity contribution is -0.0504. The molecule has 0 aliphatic carbocycles. The zero-order valence-electron chi connectivity index (χ0n) is 11.9. The van der Waals surface area contributed by atoms with Gasteiger partial charge in [0.05, 0.1) is 0 Å². The van der Waals surface area contributed by atoms with Crippen LogP contribution in [-0.2, 0) is 6.42 Å². The van der Waals surface area contributed by atoms with E-state index in [4.69, 9.17) is 0 Å². The second-order valence-electron chi connectivity index (χ2n) is 5.23. The van der Waals surface area contributed by atoms with Gasteiger partial charge in [0.1, 0.15) is 5.75 Å². The van der Waals surface area contributed by atoms with E-state index in [1.165, 1.54) is 0 Å². The Morgan fingerprint density at radius 1 is 1.15 bits per heavy atom. The lowest BCUT2D eigenvalue weighted by Gasteiger charge is -2.32. The van der Waals surface area contributed by atoms with E-state index in [-0.39, 0.29) is 0 Å². The predicted molar refractivity (Wildman–Crippen MR) is 75.3 cm³/mol. The smallest absolute Gasteiger partial charge is 0.387 e. The van der Waals surface area contributed by atoms with Crippen LogP contribution in [0.4, 0.5) is 8.78 Å². The van der Waals surface area contributed by atoms with Crippen LogP contribution in [0.15, 0.2) is 24.3 Å². The lowest BCUT2D eigenvalue weighted by atomic mass is 10.1. The first-order chi connectivity index (χ1) is 9.65. The summed E-state index contributed by atoms with van der Waals surface area (Å²) in [5.74, 6) is 0.306. The van der Waals surface area contributed by atoms with Gasteiger partial charge in [-0.05, 0) is 38.1 Å². The molecule has 0 amide bonds. The summed E-state index contributed by atoms with van der Waals surface area (Å²) in [5, 5.41) is 0. The van der Waals surface area contributed by atoms with E-state index in [2.05, 4.69) is 21.6 Å². The topological polar surface area (TPSA) is 15.7 Å². The highest BCUT2D eigenvalue weighted by molar-refractivity contribution is 5.33. The first-order valence-electron chi connectivity index (χ1n) is 7.09. The van der Waals surface area contributed by atoms with Gasteiger partial charge in [-0.15, -0.1) is 0 Å². The van der Waals surface area contributed by atoms with Gasteiger partial charge in [-0.1, -0.05) is 18.2 Å². The molecule has 1 heterocycles. The Balaban J connectivity index is 1.79. The van der Waals surface area contributed by atoms with Crippen LogP contribution in [0.3, 0.4) is 0 Å². The van der Waals surface area contributed by atoms with Gasteiger partial charge < -0.3 is 14.5 Å². The average molecular weight is 284 g/mol. The first-order valence-corrected chi connectivity index (χ1v) is 7.09. The monoisotopic (exact) mass is 284 g/mol. The van der Waals surface area contributed by atoms with Crippen molar-refractivity contribution in [3.63, 3.8) is 0 Å². The van der Waals surface area contributed by atoms with Gasteiger partial charge in [-0.25, -0.2) is 0 Å². The van der Waals surface area contributed by atoms with E-state index in [0.717, 1.165) is 51.1 Å². The van der Waals surface area contributed by atoms with Crippen LogP contribution in [0, 0.1) is 0 Å². The van der Waals surface area contributed by atoms with Crippen molar-refractivity contribution < 1.29 is 13.5 Å². The standard InChI is InChI=1S/C15H22F2N2O/c1-18-9-11-19(12-10-18)8-4-6-13-5-2-3-7-14(13)20-15(16)17/h2-3,5,7,15H,4,6,8-12H2,1H3. The van der Waals surface area contributed by atoms with Crippen molar-refractivity contribution in [2.45, 2.75) is 19.5 Å². The minimum absolute atomic E-state index is 0.306. The molecule has 1 aromatic carbocycles. The van der Waals surface area contributed by atoms with Crippen LogP contribution in [0.5, 0.6) is 5.75 Å². The van der Waals surface area contributed by atoms with Crippen LogP contribution in [0.2, 0.25) is 0 Å². The number of alkyl halides is 2. The van der Waals surface area contributed by atoms with Crippen molar-refractivity contribution in [3.05, 3.63) is 29.8 Å². The molecular weight excluding hydrogens is 262 g/mol. The number of aryl methyl sites for hydroxylation is 1. The molecule has 0 radical (unpaired) electrons. The molecule has 0 bridgehead atoms. The second kappa shape index (κ2) is 7.55. The Morgan fingerprint density at radius 3 is 2.55 bits per heavy atom. The lowest BCUT2D eigenvalue weighted by Crippen LogP contribution is -2.44. The molecule has 0 aromatic heterocycles. The molecule has 112 valence electrons. The van der Waals surface area contributed by atoms with Crippen molar-refractivity contribution in [1.82, 2.24) is 9.80 Å². The molecule has 5 heteroatoms. The molecule has 1 saturated heterocycles. The Bertz CT molecular complexity index is 407. The van der Waals surface area contributed by atoms with Crippen LogP contribution >= 0.6 is 0 Å². The fraction of sp³-hybridized carbons (Fsp3) is 0.600. The maximum atomic E-state index is 12.3. The predicted octanol–water partition coefficient (Wildman–Crippen LogP) is 2.47. The summed E-state index contributed by atoms with van der Waals surface area (Å²) >= 11 is 0. The molecule has 0 atom stereocenters. The third-order valence-electron chi connectivity index (χ3n) is 3.71. The van der Waals surface area contributed by atoms with Crippen molar-refractivity contribution >= 4 is 0 Å². The maximum absolute atomic E-state index is 12.3. The van der Waals surface area contributed by atoms with Gasteiger partial charge in [0, 0.05) is 26.2 Å². The van der Waals surface area contributed by atoms with Gasteiger partial charge in [0.2, 0.25) is 0 Å². The molecule has 3 nitrogen and oxygen atoms in total. The van der Waals surface area contributed by atoms with Gasteiger partial charge in [0.25, 0.3) is 0 Å². The highest BCUT2D eigenvalue weighted by Crippen LogP contribution is 2.21. The molecular formula is C15H22F2N2O. The second-order valence-corrected chi connectivity index (χ2v) is 5.23. The minimum Gasteiger partial charge on any atom is -0.435 e. The molecule has 0 N–H and O–H groups in total. The number of ether oxygens (including phenoxy) is 1. The molecule has 1 aromatic rings. The summed E-state index contributed by atoms with van der Waals surface area (Å²) in [6.07, 6.45) is 1.74. The summed E-state index contributed by atoms with van der Waals surface area (Å²) in [6.45, 7) is 2.64. The molecule has 0 unspecified atom stereocenters. The van der Waals surface area contributed by atoms with E-state index in [0.29, 0.717) is 5.75 Å². The quantitative estimate of drug-likeness (QED) is 0.798. The molecule has 2 rings (SSSR count). The maximum Gasteiger partial charge on any atom is 0.387 e. The number of nitrogens with zero attached hydrogens (tertiary/aromatic N) is 2. The summed E-state index contributed by atoms with van der Waals surface area (Å²) < 4.78 is 29.2. The van der Waals surface area contributed by atoms with Crippen LogP contribution < -0.4 is 4.74 Å². The number of para-hydroxylation sites is 1. The fourth-order valence-electron chi connectivity index (χ4n) is 2.49. The Kier molecular flexibility index (Phi) is 5.73. The van der Waals surface area contributed by atoms with Crippen molar-refractivity contribution in [2.24, 2.45) is 0 Å². The molecule has 1 fully saturated rings. The van der Waals surface area contributed by atoms with Crippen molar-refractivity contribution in [1.29, 1.82) is 0 Å². The van der Waals surface area contributed by atoms with Crippen molar-refractivity contribution in [2.75, 3.05) is 39.8 Å². The normalized spacial score (nSPS) is 17.6. The summed E-state index contributed by atoms with van der Waals surface area (Å²) in [4.78, 5) is 4.75. The molecule has 20 heavy (non-hydrogen) atoms. The Labute approximate surface area is 119 Å². The van der Waals surface area contributed by atoms with Gasteiger partial charge in [0.15, 0.2) is 0 Å². The summed E-state index contributed by atoms with van der Waals surface area (Å²) in [7, 11) is 2.13. The zero-order chi connectivity index (χ0) is 14.4. The van der Waals surface area contributed by atoms with Crippen molar-refractivity contribution in [3.8, 4) is 5.75 Å². The SMILES string of the molecule is CN1CCN(CCCc2ccccc2OC(F)F)CC1. The van der Waals surface area contributed by atoms with Gasteiger partial charge >= 0.3 is 6.61 Å². The van der Waals surface area contributed by atoms with E-state index in [9.17, 15) is 8.78 Å². The fourth-order valence-corrected chi connectivity index (χ4v) is 2.49. The van der Waals surface area contributed by atoms with Crippen LogP contribution in [0.1, 0.15) is 12.0 Å². The third-order valence-corrected chi connectivity index (χ3v) is 3.71. The number of benzene rings is 1. The minimum atomic E-state index is -2.76. The number of rotatable bonds is 6. The molecule has 0 spiro atoms. The highest BCUT2D eigenvalue weighted by atomic mass is 19.3. The third kappa shape index (κ3) is 4.72. The summed E-state index contributed by atoms with van der Waals surface area (Å²) in [5.41, 5.74) is 0.863. The Morgan fingerprint density at radius 2 is 1.85 bits per heavy atom. The van der Waals surface area contributed by atoms with Crippen LogP contribution in [-0.4, -0.2) is 56.2 Å². The largest absolute Gasteiger partial charge is 0.435 e. The Hall–Kier alpha value is -1.20. The number of hydrogen-bond donors (Lipinski definition) is 0. The molecule has 1 aliphatic heterocycles. The number of hydrogen-bond acceptors (Lipinski definition) is 3. The molecule has 1 aliphatic rings. The number of halogens is 2. The van der Waals surface area contributed by atoms with E-state index in [1.54, 1.807) is 12.1 Å². The molecule has 0 saturated carbocycles. The van der Waals surface area contributed by atoms with Gasteiger partial charge in [-0.2, -0.15) is 8.78 Å². The van der Waals surface area contributed by atoms with Crippen LogP contribution in [0.25, 0.3) is 0 Å². The zero-order valence-corrected chi connectivity index (χ0v) is 11.9. The number of likely N-dealkylation sites (N-methyl/N-ethyl adjacent to an activating group) is 1. The van der Waals surface area contributed by atoms with Gasteiger partial charge in [-0.3, -0.25) is 0 Å². The van der Waals surface area contributed by atoms with E-state index < -0.39 is 6.61 Å². The first kappa shape index (κ1) is 15.2. The summed E-state index contributed by atoms with van der Waals surface area (Å²) in [6, 6.07) is 7.06. The highest BCUT2D eigenvalue weighted by Gasteiger charge is 2.14.